The highest BCUT2D eigenvalue weighted by molar-refractivity contribution is 5.84. The Morgan fingerprint density at radius 2 is 2.12 bits per heavy atom. The van der Waals surface area contributed by atoms with E-state index in [2.05, 4.69) is 18.4 Å². The summed E-state index contributed by atoms with van der Waals surface area (Å²) in [5.74, 6) is -0.198. The summed E-state index contributed by atoms with van der Waals surface area (Å²) in [6.45, 7) is 4.73. The Hall–Kier alpha value is -1.35. The number of halogens is 1. The first-order chi connectivity index (χ1) is 7.63. The number of benzene rings is 1. The average Bonchev–Trinajstić information content (AvgIpc) is 2.57. The Balaban J connectivity index is 2.66. The quantitative estimate of drug-likeness (QED) is 0.773. The zero-order chi connectivity index (χ0) is 11.7. The third-order valence-electron chi connectivity index (χ3n) is 2.74. The second-order valence-electron chi connectivity index (χ2n) is 4.25. The fourth-order valence-electron chi connectivity index (χ4n) is 1.99. The summed E-state index contributed by atoms with van der Waals surface area (Å²) in [4.78, 5) is 0. The molecule has 0 aliphatic rings. The van der Waals surface area contributed by atoms with Crippen LogP contribution in [0.4, 0.5) is 4.39 Å². The van der Waals surface area contributed by atoms with Crippen molar-refractivity contribution in [2.75, 3.05) is 7.11 Å². The fourth-order valence-corrected chi connectivity index (χ4v) is 1.99. The molecule has 0 aliphatic heterocycles. The summed E-state index contributed by atoms with van der Waals surface area (Å²) in [5.41, 5.74) is 2.04. The SMILES string of the molecule is COCc1cn(C(C)C)c2cc(F)ccc12. The van der Waals surface area contributed by atoms with E-state index in [0.717, 1.165) is 16.5 Å². The Morgan fingerprint density at radius 3 is 2.75 bits per heavy atom. The van der Waals surface area contributed by atoms with Crippen LogP contribution in [0.3, 0.4) is 0 Å². The second-order valence-corrected chi connectivity index (χ2v) is 4.25. The van der Waals surface area contributed by atoms with Crippen LogP contribution in [0, 0.1) is 5.82 Å². The Bertz CT molecular complexity index is 502. The molecule has 0 amide bonds. The number of ether oxygens (including phenoxy) is 1. The van der Waals surface area contributed by atoms with Gasteiger partial charge in [0.05, 0.1) is 12.1 Å². The van der Waals surface area contributed by atoms with E-state index < -0.39 is 0 Å². The third-order valence-corrected chi connectivity index (χ3v) is 2.74. The average molecular weight is 221 g/mol. The van der Waals surface area contributed by atoms with Gasteiger partial charge >= 0.3 is 0 Å². The van der Waals surface area contributed by atoms with Gasteiger partial charge in [-0.1, -0.05) is 0 Å². The number of fused-ring (bicyclic) bond motifs is 1. The molecule has 1 aromatic heterocycles. The summed E-state index contributed by atoms with van der Waals surface area (Å²) < 4.78 is 20.5. The molecule has 0 unspecified atom stereocenters. The van der Waals surface area contributed by atoms with Crippen LogP contribution >= 0.6 is 0 Å². The van der Waals surface area contributed by atoms with Crippen LogP contribution in [0.1, 0.15) is 25.5 Å². The predicted octanol–water partition coefficient (Wildman–Crippen LogP) is 3.51. The van der Waals surface area contributed by atoms with Crippen LogP contribution in [-0.2, 0) is 11.3 Å². The zero-order valence-corrected chi connectivity index (χ0v) is 9.83. The van der Waals surface area contributed by atoms with Gasteiger partial charge in [-0.25, -0.2) is 4.39 Å². The minimum absolute atomic E-state index is 0.198. The Kier molecular flexibility index (Phi) is 2.97. The molecule has 0 spiro atoms. The lowest BCUT2D eigenvalue weighted by molar-refractivity contribution is 0.185. The smallest absolute Gasteiger partial charge is 0.125 e. The van der Waals surface area contributed by atoms with Crippen LogP contribution in [0.2, 0.25) is 0 Å². The summed E-state index contributed by atoms with van der Waals surface area (Å²) in [7, 11) is 1.67. The largest absolute Gasteiger partial charge is 0.380 e. The van der Waals surface area contributed by atoms with Gasteiger partial charge in [-0.2, -0.15) is 0 Å². The lowest BCUT2D eigenvalue weighted by Crippen LogP contribution is -1.98. The maximum Gasteiger partial charge on any atom is 0.125 e. The van der Waals surface area contributed by atoms with E-state index in [4.69, 9.17) is 4.74 Å². The van der Waals surface area contributed by atoms with Crippen molar-refractivity contribution in [2.24, 2.45) is 0 Å². The molecule has 2 nitrogen and oxygen atoms in total. The van der Waals surface area contributed by atoms with Gasteiger partial charge in [0.1, 0.15) is 5.82 Å². The molecule has 1 heterocycles. The Morgan fingerprint density at radius 1 is 1.38 bits per heavy atom. The van der Waals surface area contributed by atoms with Crippen LogP contribution < -0.4 is 0 Å². The highest BCUT2D eigenvalue weighted by Crippen LogP contribution is 2.25. The summed E-state index contributed by atoms with van der Waals surface area (Å²) >= 11 is 0. The maximum atomic E-state index is 13.2. The van der Waals surface area contributed by atoms with Crippen LogP contribution in [0.25, 0.3) is 10.9 Å². The van der Waals surface area contributed by atoms with Crippen molar-refractivity contribution < 1.29 is 9.13 Å². The molecule has 0 N–H and O–H groups in total. The van der Waals surface area contributed by atoms with Crippen molar-refractivity contribution in [3.63, 3.8) is 0 Å². The topological polar surface area (TPSA) is 14.2 Å². The van der Waals surface area contributed by atoms with Gasteiger partial charge in [-0.15, -0.1) is 0 Å². The minimum atomic E-state index is -0.198. The molecule has 2 aromatic rings. The van der Waals surface area contributed by atoms with Gasteiger partial charge in [-0.3, -0.25) is 0 Å². The van der Waals surface area contributed by atoms with Gasteiger partial charge in [0, 0.05) is 30.3 Å². The summed E-state index contributed by atoms with van der Waals surface area (Å²) in [6.07, 6.45) is 2.04. The molecule has 0 radical (unpaired) electrons. The van der Waals surface area contributed by atoms with Crippen molar-refractivity contribution in [3.05, 3.63) is 35.8 Å². The highest BCUT2D eigenvalue weighted by Gasteiger charge is 2.10. The van der Waals surface area contributed by atoms with Crippen LogP contribution in [-0.4, -0.2) is 11.7 Å². The Labute approximate surface area is 94.6 Å². The lowest BCUT2D eigenvalue weighted by Gasteiger charge is -2.08. The minimum Gasteiger partial charge on any atom is -0.380 e. The molecule has 1 aromatic carbocycles. The number of nitrogens with zero attached hydrogens (tertiary/aromatic N) is 1. The number of hydrogen-bond acceptors (Lipinski definition) is 1. The first kappa shape index (κ1) is 11.1. The first-order valence-corrected chi connectivity index (χ1v) is 5.41. The zero-order valence-electron chi connectivity index (χ0n) is 9.83. The molecule has 86 valence electrons. The van der Waals surface area contributed by atoms with E-state index >= 15 is 0 Å². The molecule has 0 fully saturated rings. The number of rotatable bonds is 3. The molecule has 0 saturated carbocycles. The van der Waals surface area contributed by atoms with E-state index in [-0.39, 0.29) is 5.82 Å². The fraction of sp³-hybridized carbons (Fsp3) is 0.385. The van der Waals surface area contributed by atoms with Crippen LogP contribution in [0.15, 0.2) is 24.4 Å². The standard InChI is InChI=1S/C13H16FNO/c1-9(2)15-7-10(8-16-3)12-5-4-11(14)6-13(12)15/h4-7,9H,8H2,1-3H3. The molecular formula is C13H16FNO. The molecule has 2 rings (SSSR count). The van der Waals surface area contributed by atoms with Gasteiger partial charge in [-0.05, 0) is 32.0 Å². The van der Waals surface area contributed by atoms with E-state index in [1.54, 1.807) is 13.2 Å². The molecule has 0 atom stereocenters. The third kappa shape index (κ3) is 1.83. The van der Waals surface area contributed by atoms with Crippen molar-refractivity contribution in [3.8, 4) is 0 Å². The molecule has 0 saturated heterocycles. The molecule has 3 heteroatoms. The van der Waals surface area contributed by atoms with Gasteiger partial charge in [0.2, 0.25) is 0 Å². The number of methoxy groups -OCH3 is 1. The van der Waals surface area contributed by atoms with Crippen molar-refractivity contribution in [2.45, 2.75) is 26.5 Å². The van der Waals surface area contributed by atoms with Gasteiger partial charge in [0.15, 0.2) is 0 Å². The molecule has 16 heavy (non-hydrogen) atoms. The molecular weight excluding hydrogens is 205 g/mol. The predicted molar refractivity (Wildman–Crippen MR) is 63.0 cm³/mol. The lowest BCUT2D eigenvalue weighted by atomic mass is 10.2. The number of aromatic nitrogens is 1. The molecule has 0 bridgehead atoms. The highest BCUT2D eigenvalue weighted by atomic mass is 19.1. The van der Waals surface area contributed by atoms with E-state index in [1.165, 1.54) is 6.07 Å². The first-order valence-electron chi connectivity index (χ1n) is 5.41. The van der Waals surface area contributed by atoms with E-state index in [9.17, 15) is 4.39 Å². The van der Waals surface area contributed by atoms with E-state index in [1.807, 2.05) is 12.3 Å². The summed E-state index contributed by atoms with van der Waals surface area (Å²) in [5, 5.41) is 1.07. The van der Waals surface area contributed by atoms with Gasteiger partial charge < -0.3 is 9.30 Å². The normalized spacial score (nSPS) is 11.6. The van der Waals surface area contributed by atoms with Crippen molar-refractivity contribution in [1.29, 1.82) is 0 Å². The van der Waals surface area contributed by atoms with E-state index in [0.29, 0.717) is 12.6 Å². The molecule has 0 aliphatic carbocycles. The second kappa shape index (κ2) is 4.26. The van der Waals surface area contributed by atoms with Crippen molar-refractivity contribution >= 4 is 10.9 Å². The van der Waals surface area contributed by atoms with Crippen LogP contribution in [0.5, 0.6) is 0 Å². The summed E-state index contributed by atoms with van der Waals surface area (Å²) in [6, 6.07) is 5.20. The number of hydrogen-bond donors (Lipinski definition) is 0. The van der Waals surface area contributed by atoms with Gasteiger partial charge in [0.25, 0.3) is 0 Å². The van der Waals surface area contributed by atoms with Crippen molar-refractivity contribution in [1.82, 2.24) is 4.57 Å². The maximum absolute atomic E-state index is 13.2. The monoisotopic (exact) mass is 221 g/mol.